The van der Waals surface area contributed by atoms with Crippen molar-refractivity contribution in [2.75, 3.05) is 7.11 Å². The van der Waals surface area contributed by atoms with Crippen molar-refractivity contribution < 1.29 is 14.3 Å². The molecule has 0 aromatic heterocycles. The van der Waals surface area contributed by atoms with E-state index in [1.165, 1.54) is 7.11 Å². The Bertz CT molecular complexity index is 270. The highest BCUT2D eigenvalue weighted by molar-refractivity contribution is 5.95. The van der Waals surface area contributed by atoms with Crippen LogP contribution in [0.1, 0.15) is 20.8 Å². The van der Waals surface area contributed by atoms with E-state index in [0.29, 0.717) is 0 Å². The minimum atomic E-state index is -0.726. The fourth-order valence-corrected chi connectivity index (χ4v) is 0.920. The molecular formula is C10H15NO3. The number of methoxy groups -OCH3 is 1. The van der Waals surface area contributed by atoms with Gasteiger partial charge in [0.05, 0.1) is 7.11 Å². The van der Waals surface area contributed by atoms with Gasteiger partial charge < -0.3 is 10.1 Å². The molecule has 0 fully saturated rings. The lowest BCUT2D eigenvalue weighted by Gasteiger charge is -2.28. The normalized spacial score (nSPS) is 12.5. The highest BCUT2D eigenvalue weighted by Gasteiger charge is 2.33. The summed E-state index contributed by atoms with van der Waals surface area (Å²) in [6.07, 6.45) is 4.89. The average Bonchev–Trinajstić information content (AvgIpc) is 2.10. The summed E-state index contributed by atoms with van der Waals surface area (Å²) in [6.45, 7) is 5.43. The van der Waals surface area contributed by atoms with Crippen molar-refractivity contribution in [3.8, 4) is 12.3 Å². The third-order valence-electron chi connectivity index (χ3n) is 1.71. The lowest BCUT2D eigenvalue weighted by atomic mass is 9.87. The van der Waals surface area contributed by atoms with Crippen LogP contribution < -0.4 is 5.32 Å². The van der Waals surface area contributed by atoms with Gasteiger partial charge in [-0.2, -0.15) is 0 Å². The van der Waals surface area contributed by atoms with Gasteiger partial charge in [0, 0.05) is 0 Å². The zero-order valence-corrected chi connectivity index (χ0v) is 8.88. The number of terminal acetylenes is 1. The number of esters is 1. The van der Waals surface area contributed by atoms with Crippen molar-refractivity contribution in [2.45, 2.75) is 26.8 Å². The summed E-state index contributed by atoms with van der Waals surface area (Å²) in [5, 5.41) is 2.41. The maximum atomic E-state index is 11.3. The van der Waals surface area contributed by atoms with Crippen LogP contribution >= 0.6 is 0 Å². The molecule has 0 saturated carbocycles. The maximum Gasteiger partial charge on any atom is 0.328 e. The molecule has 0 heterocycles. The fourth-order valence-electron chi connectivity index (χ4n) is 0.920. The van der Waals surface area contributed by atoms with E-state index in [1.807, 2.05) is 26.7 Å². The second-order valence-corrected chi connectivity index (χ2v) is 3.94. The Morgan fingerprint density at radius 1 is 1.43 bits per heavy atom. The number of amides is 1. The van der Waals surface area contributed by atoms with Gasteiger partial charge in [0.2, 0.25) is 0 Å². The van der Waals surface area contributed by atoms with E-state index in [0.717, 1.165) is 0 Å². The number of carbonyl (C=O) groups is 2. The fraction of sp³-hybridized carbons (Fsp3) is 0.600. The third-order valence-corrected chi connectivity index (χ3v) is 1.71. The molecule has 0 aromatic rings. The zero-order chi connectivity index (χ0) is 11.4. The van der Waals surface area contributed by atoms with Crippen LogP contribution in [-0.4, -0.2) is 25.0 Å². The molecule has 1 atom stereocenters. The number of rotatable bonds is 2. The van der Waals surface area contributed by atoms with Crippen LogP contribution in [0.4, 0.5) is 0 Å². The van der Waals surface area contributed by atoms with Crippen LogP contribution in [0.3, 0.4) is 0 Å². The van der Waals surface area contributed by atoms with E-state index in [1.54, 1.807) is 0 Å². The van der Waals surface area contributed by atoms with Crippen molar-refractivity contribution in [3.63, 3.8) is 0 Å². The predicted molar refractivity (Wildman–Crippen MR) is 52.2 cm³/mol. The molecule has 0 unspecified atom stereocenters. The van der Waals surface area contributed by atoms with Crippen molar-refractivity contribution in [3.05, 3.63) is 0 Å². The van der Waals surface area contributed by atoms with Crippen molar-refractivity contribution >= 4 is 11.9 Å². The molecule has 4 heteroatoms. The van der Waals surface area contributed by atoms with Gasteiger partial charge in [-0.05, 0) is 11.3 Å². The molecule has 0 aliphatic heterocycles. The molecule has 4 nitrogen and oxygen atoms in total. The molecule has 14 heavy (non-hydrogen) atoms. The van der Waals surface area contributed by atoms with Crippen molar-refractivity contribution in [1.82, 2.24) is 5.32 Å². The molecule has 0 rings (SSSR count). The summed E-state index contributed by atoms with van der Waals surface area (Å²) in [5.74, 6) is 0.774. The first kappa shape index (κ1) is 12.5. The van der Waals surface area contributed by atoms with Gasteiger partial charge in [-0.1, -0.05) is 20.8 Å². The third kappa shape index (κ3) is 3.48. The summed E-state index contributed by atoms with van der Waals surface area (Å²) >= 11 is 0. The SMILES string of the molecule is C#CC(=O)N[C@H](C(=O)OC)C(C)(C)C. The lowest BCUT2D eigenvalue weighted by Crippen LogP contribution is -2.49. The molecule has 0 aliphatic carbocycles. The minimum Gasteiger partial charge on any atom is -0.467 e. The van der Waals surface area contributed by atoms with Crippen LogP contribution in [0.15, 0.2) is 0 Å². The Balaban J connectivity index is 4.68. The smallest absolute Gasteiger partial charge is 0.328 e. The van der Waals surface area contributed by atoms with Gasteiger partial charge in [-0.15, -0.1) is 6.42 Å². The first-order chi connectivity index (χ1) is 6.32. The second-order valence-electron chi connectivity index (χ2n) is 3.94. The Hall–Kier alpha value is -1.50. The predicted octanol–water partition coefficient (Wildman–Crippen LogP) is 0.323. The average molecular weight is 197 g/mol. The Kier molecular flexibility index (Phi) is 4.16. The lowest BCUT2D eigenvalue weighted by molar-refractivity contribution is -0.147. The summed E-state index contributed by atoms with van der Waals surface area (Å²) in [6, 6.07) is -0.726. The molecule has 0 aromatic carbocycles. The van der Waals surface area contributed by atoms with Crippen LogP contribution in [0.2, 0.25) is 0 Å². The van der Waals surface area contributed by atoms with E-state index >= 15 is 0 Å². The molecule has 1 N–H and O–H groups in total. The number of nitrogens with one attached hydrogen (secondary N) is 1. The van der Waals surface area contributed by atoms with Crippen LogP contribution in [-0.2, 0) is 14.3 Å². The molecule has 1 amide bonds. The Morgan fingerprint density at radius 3 is 2.21 bits per heavy atom. The topological polar surface area (TPSA) is 55.4 Å². The largest absolute Gasteiger partial charge is 0.467 e. The number of carbonyl (C=O) groups excluding carboxylic acids is 2. The van der Waals surface area contributed by atoms with Gasteiger partial charge in [0.15, 0.2) is 0 Å². The summed E-state index contributed by atoms with van der Waals surface area (Å²) in [7, 11) is 1.27. The van der Waals surface area contributed by atoms with E-state index in [2.05, 4.69) is 10.1 Å². The monoisotopic (exact) mass is 197 g/mol. The van der Waals surface area contributed by atoms with Crippen molar-refractivity contribution in [1.29, 1.82) is 0 Å². The molecule has 0 aliphatic rings. The van der Waals surface area contributed by atoms with Gasteiger partial charge in [0.25, 0.3) is 5.91 Å². The van der Waals surface area contributed by atoms with Crippen LogP contribution in [0.5, 0.6) is 0 Å². The van der Waals surface area contributed by atoms with Crippen LogP contribution in [0, 0.1) is 17.8 Å². The van der Waals surface area contributed by atoms with Gasteiger partial charge in [-0.3, -0.25) is 4.79 Å². The second kappa shape index (κ2) is 4.66. The first-order valence-corrected chi connectivity index (χ1v) is 4.18. The molecule has 0 saturated heterocycles. The zero-order valence-electron chi connectivity index (χ0n) is 8.88. The quantitative estimate of drug-likeness (QED) is 0.512. The maximum absolute atomic E-state index is 11.3. The summed E-state index contributed by atoms with van der Waals surface area (Å²) < 4.78 is 4.56. The van der Waals surface area contributed by atoms with E-state index in [4.69, 9.17) is 6.42 Å². The highest BCUT2D eigenvalue weighted by atomic mass is 16.5. The molecule has 0 bridgehead atoms. The first-order valence-electron chi connectivity index (χ1n) is 4.18. The van der Waals surface area contributed by atoms with Crippen LogP contribution in [0.25, 0.3) is 0 Å². The van der Waals surface area contributed by atoms with E-state index < -0.39 is 23.3 Å². The van der Waals surface area contributed by atoms with Gasteiger partial charge in [-0.25, -0.2) is 4.79 Å². The highest BCUT2D eigenvalue weighted by Crippen LogP contribution is 2.20. The van der Waals surface area contributed by atoms with Gasteiger partial charge in [0.1, 0.15) is 6.04 Å². The summed E-state index contributed by atoms with van der Waals surface area (Å²) in [4.78, 5) is 22.2. The minimum absolute atomic E-state index is 0.431. The Morgan fingerprint density at radius 2 is 1.93 bits per heavy atom. The number of hydrogen-bond donors (Lipinski definition) is 1. The number of hydrogen-bond acceptors (Lipinski definition) is 3. The Labute approximate surface area is 84.0 Å². The summed E-state index contributed by atoms with van der Waals surface area (Å²) in [5.41, 5.74) is -0.431. The van der Waals surface area contributed by atoms with Gasteiger partial charge >= 0.3 is 5.97 Å². The standard InChI is InChI=1S/C10H15NO3/c1-6-7(12)11-8(9(13)14-5)10(2,3)4/h1,8H,2-5H3,(H,11,12)/t8-/m1/s1. The van der Waals surface area contributed by atoms with E-state index in [-0.39, 0.29) is 0 Å². The van der Waals surface area contributed by atoms with Crippen molar-refractivity contribution in [2.24, 2.45) is 5.41 Å². The molecule has 0 radical (unpaired) electrons. The number of ether oxygens (including phenoxy) is 1. The molecule has 78 valence electrons. The molecule has 0 spiro atoms. The van der Waals surface area contributed by atoms with E-state index in [9.17, 15) is 9.59 Å². The molecular weight excluding hydrogens is 182 g/mol.